The molecule has 7 heteroatoms. The third-order valence-electron chi connectivity index (χ3n) is 4.13. The van der Waals surface area contributed by atoms with Gasteiger partial charge in [0.2, 0.25) is 11.8 Å². The normalized spacial score (nSPS) is 23.9. The van der Waals surface area contributed by atoms with Crippen LogP contribution in [-0.4, -0.2) is 65.0 Å². The highest BCUT2D eigenvalue weighted by atomic mass is 32.2. The molecule has 3 rings (SSSR count). The fourth-order valence-electron chi connectivity index (χ4n) is 2.92. The molecule has 2 amide bonds. The number of benzene rings is 1. The smallest absolute Gasteiger partial charge is 0.339 e. The summed E-state index contributed by atoms with van der Waals surface area (Å²) in [5.41, 5.74) is 1.13. The van der Waals surface area contributed by atoms with E-state index in [1.54, 1.807) is 4.90 Å². The molecule has 2 fully saturated rings. The van der Waals surface area contributed by atoms with Crippen LogP contribution in [0.25, 0.3) is 0 Å². The van der Waals surface area contributed by atoms with Gasteiger partial charge in [0, 0.05) is 12.3 Å². The van der Waals surface area contributed by atoms with Gasteiger partial charge < -0.3 is 14.5 Å². The number of carbonyl (C=O) groups excluding carboxylic acids is 3. The van der Waals surface area contributed by atoms with Crippen LogP contribution in [0.3, 0.4) is 0 Å². The molecule has 23 heavy (non-hydrogen) atoms. The van der Waals surface area contributed by atoms with E-state index >= 15 is 0 Å². The predicted molar refractivity (Wildman–Crippen MR) is 85.6 cm³/mol. The second-order valence-corrected chi connectivity index (χ2v) is 6.63. The maximum Gasteiger partial charge on any atom is 0.339 e. The molecule has 6 nitrogen and oxygen atoms in total. The topological polar surface area (TPSA) is 66.9 Å². The maximum absolute atomic E-state index is 12.6. The zero-order chi connectivity index (χ0) is 16.4. The molecule has 122 valence electrons. The average Bonchev–Trinajstić information content (AvgIpc) is 3.03. The highest BCUT2D eigenvalue weighted by Gasteiger charge is 2.50. The summed E-state index contributed by atoms with van der Waals surface area (Å²) in [6.45, 7) is 0.530. The number of rotatable bonds is 4. The molecule has 1 aromatic rings. The average molecular weight is 334 g/mol. The highest BCUT2D eigenvalue weighted by molar-refractivity contribution is 8.00. The molecule has 2 aliphatic heterocycles. The number of methoxy groups -OCH3 is 1. The van der Waals surface area contributed by atoms with Gasteiger partial charge in [-0.05, 0) is 12.0 Å². The minimum atomic E-state index is -0.697. The summed E-state index contributed by atoms with van der Waals surface area (Å²) >= 11 is 1.29. The van der Waals surface area contributed by atoms with Crippen LogP contribution in [-0.2, 0) is 25.5 Å². The number of ether oxygens (including phenoxy) is 1. The van der Waals surface area contributed by atoms with Crippen molar-refractivity contribution in [2.45, 2.75) is 17.8 Å². The maximum atomic E-state index is 12.6. The number of hydrogen-bond acceptors (Lipinski definition) is 5. The molecular weight excluding hydrogens is 316 g/mol. The van der Waals surface area contributed by atoms with Crippen molar-refractivity contribution in [3.8, 4) is 0 Å². The van der Waals surface area contributed by atoms with Crippen LogP contribution in [0.1, 0.15) is 5.56 Å². The monoisotopic (exact) mass is 334 g/mol. The lowest BCUT2D eigenvalue weighted by Crippen LogP contribution is -2.61. The number of amides is 2. The molecule has 1 aromatic carbocycles. The van der Waals surface area contributed by atoms with Gasteiger partial charge in [-0.25, -0.2) is 4.79 Å². The number of fused-ring (bicyclic) bond motifs is 1. The zero-order valence-electron chi connectivity index (χ0n) is 12.8. The van der Waals surface area contributed by atoms with E-state index in [1.807, 2.05) is 30.3 Å². The molecule has 0 bridgehead atoms. The quantitative estimate of drug-likeness (QED) is 0.751. The standard InChI is InChI=1S/C16H18N2O4S/c1-22-16(21)15-18-12(10-23-15)14(20)17(9-13(18)19)8-7-11-5-3-2-4-6-11/h2-6,12,15H,7-10H2,1H3/t12-,15+/m1/s1. The van der Waals surface area contributed by atoms with Crippen LogP contribution in [0.15, 0.2) is 30.3 Å². The van der Waals surface area contributed by atoms with Crippen LogP contribution >= 0.6 is 11.8 Å². The Hall–Kier alpha value is -2.02. The number of piperazine rings is 1. The molecule has 0 aliphatic carbocycles. The number of thioether (sulfide) groups is 1. The van der Waals surface area contributed by atoms with Crippen molar-refractivity contribution in [1.82, 2.24) is 9.80 Å². The lowest BCUT2D eigenvalue weighted by molar-refractivity contribution is -0.159. The van der Waals surface area contributed by atoms with Crippen LogP contribution in [0.5, 0.6) is 0 Å². The summed E-state index contributed by atoms with van der Waals surface area (Å²) in [6.07, 6.45) is 0.708. The number of nitrogens with zero attached hydrogens (tertiary/aromatic N) is 2. The van der Waals surface area contributed by atoms with Gasteiger partial charge in [0.05, 0.1) is 13.7 Å². The number of esters is 1. The van der Waals surface area contributed by atoms with Gasteiger partial charge in [-0.3, -0.25) is 9.59 Å². The molecule has 0 saturated carbocycles. The van der Waals surface area contributed by atoms with Crippen molar-refractivity contribution in [1.29, 1.82) is 0 Å². The van der Waals surface area contributed by atoms with E-state index in [2.05, 4.69) is 0 Å². The molecule has 0 N–H and O–H groups in total. The first kappa shape index (κ1) is 15.9. The van der Waals surface area contributed by atoms with Gasteiger partial charge in [-0.1, -0.05) is 30.3 Å². The molecule has 0 radical (unpaired) electrons. The third kappa shape index (κ3) is 3.06. The Morgan fingerprint density at radius 2 is 2.04 bits per heavy atom. The Labute approximate surface area is 138 Å². The van der Waals surface area contributed by atoms with E-state index < -0.39 is 17.4 Å². The van der Waals surface area contributed by atoms with Gasteiger partial charge in [-0.15, -0.1) is 11.8 Å². The minimum Gasteiger partial charge on any atom is -0.467 e. The molecule has 2 aliphatic rings. The molecule has 2 saturated heterocycles. The number of carbonyl (C=O) groups is 3. The first-order chi connectivity index (χ1) is 11.1. The lowest BCUT2D eigenvalue weighted by Gasteiger charge is -2.37. The summed E-state index contributed by atoms with van der Waals surface area (Å²) in [5.74, 6) is -0.314. The number of hydrogen-bond donors (Lipinski definition) is 0. The van der Waals surface area contributed by atoms with Crippen molar-refractivity contribution < 1.29 is 19.1 Å². The van der Waals surface area contributed by atoms with E-state index in [-0.39, 0.29) is 18.4 Å². The van der Waals surface area contributed by atoms with E-state index in [0.29, 0.717) is 18.7 Å². The van der Waals surface area contributed by atoms with Gasteiger partial charge in [0.15, 0.2) is 5.37 Å². The zero-order valence-corrected chi connectivity index (χ0v) is 13.6. The van der Waals surface area contributed by atoms with Crippen molar-refractivity contribution >= 4 is 29.5 Å². The van der Waals surface area contributed by atoms with Crippen LogP contribution in [0, 0.1) is 0 Å². The first-order valence-corrected chi connectivity index (χ1v) is 8.50. The SMILES string of the molecule is COC(=O)[C@@H]1SC[C@@H]2C(=O)N(CCc3ccccc3)CC(=O)N21. The van der Waals surface area contributed by atoms with Crippen molar-refractivity contribution in [3.63, 3.8) is 0 Å². The minimum absolute atomic E-state index is 0.0240. The van der Waals surface area contributed by atoms with Gasteiger partial charge in [0.25, 0.3) is 0 Å². The van der Waals surface area contributed by atoms with Crippen LogP contribution < -0.4 is 0 Å². The molecule has 0 spiro atoms. The highest BCUT2D eigenvalue weighted by Crippen LogP contribution is 2.33. The summed E-state index contributed by atoms with van der Waals surface area (Å²) in [5, 5.41) is -0.697. The second-order valence-electron chi connectivity index (χ2n) is 5.52. The van der Waals surface area contributed by atoms with Crippen molar-refractivity contribution in [2.24, 2.45) is 0 Å². The fraction of sp³-hybridized carbons (Fsp3) is 0.438. The lowest BCUT2D eigenvalue weighted by atomic mass is 10.1. The van der Waals surface area contributed by atoms with E-state index in [1.165, 1.54) is 23.8 Å². The third-order valence-corrected chi connectivity index (χ3v) is 5.37. The van der Waals surface area contributed by atoms with Gasteiger partial charge in [0.1, 0.15) is 6.04 Å². The molecule has 2 heterocycles. The molecular formula is C16H18N2O4S. The molecule has 2 atom stereocenters. The van der Waals surface area contributed by atoms with E-state index in [4.69, 9.17) is 4.74 Å². The fourth-order valence-corrected chi connectivity index (χ4v) is 4.24. The molecule has 0 unspecified atom stereocenters. The Balaban J connectivity index is 1.68. The summed E-state index contributed by atoms with van der Waals surface area (Å²) < 4.78 is 4.72. The van der Waals surface area contributed by atoms with Gasteiger partial charge >= 0.3 is 5.97 Å². The van der Waals surface area contributed by atoms with Crippen molar-refractivity contribution in [3.05, 3.63) is 35.9 Å². The largest absolute Gasteiger partial charge is 0.467 e. The first-order valence-electron chi connectivity index (χ1n) is 7.45. The van der Waals surface area contributed by atoms with E-state index in [0.717, 1.165) is 5.56 Å². The predicted octanol–water partition coefficient (Wildman–Crippen LogP) is 0.514. The van der Waals surface area contributed by atoms with Crippen molar-refractivity contribution in [2.75, 3.05) is 26.0 Å². The summed E-state index contributed by atoms with van der Waals surface area (Å²) in [7, 11) is 1.29. The summed E-state index contributed by atoms with van der Waals surface area (Å²) in [6, 6.07) is 9.30. The Bertz CT molecular complexity index is 622. The van der Waals surface area contributed by atoms with E-state index in [9.17, 15) is 14.4 Å². The molecule has 0 aromatic heterocycles. The Morgan fingerprint density at radius 1 is 1.30 bits per heavy atom. The summed E-state index contributed by atoms with van der Waals surface area (Å²) in [4.78, 5) is 39.7. The van der Waals surface area contributed by atoms with Gasteiger partial charge in [-0.2, -0.15) is 0 Å². The Kier molecular flexibility index (Phi) is 4.56. The second kappa shape index (κ2) is 6.62. The van der Waals surface area contributed by atoms with Crippen LogP contribution in [0.2, 0.25) is 0 Å². The Morgan fingerprint density at radius 3 is 2.74 bits per heavy atom. The van der Waals surface area contributed by atoms with Crippen LogP contribution in [0.4, 0.5) is 0 Å².